The summed E-state index contributed by atoms with van der Waals surface area (Å²) in [6.45, 7) is 0. The van der Waals surface area contributed by atoms with E-state index in [9.17, 15) is 8.42 Å². The predicted octanol–water partition coefficient (Wildman–Crippen LogP) is 4.62. The van der Waals surface area contributed by atoms with Gasteiger partial charge in [0.05, 0.1) is 10.8 Å². The summed E-state index contributed by atoms with van der Waals surface area (Å²) >= 11 is 1.52. The van der Waals surface area contributed by atoms with Crippen molar-refractivity contribution >= 4 is 39.0 Å². The lowest BCUT2D eigenvalue weighted by molar-refractivity contribution is 0.601. The van der Waals surface area contributed by atoms with Crippen molar-refractivity contribution in [1.82, 2.24) is 0 Å². The number of sulfonamides is 1. The Labute approximate surface area is 158 Å². The molecule has 0 heterocycles. The summed E-state index contributed by atoms with van der Waals surface area (Å²) < 4.78 is 30.6. The fourth-order valence-corrected chi connectivity index (χ4v) is 3.89. The van der Waals surface area contributed by atoms with Gasteiger partial charge in [-0.3, -0.25) is 4.72 Å². The average Bonchev–Trinajstić information content (AvgIpc) is 2.67. The van der Waals surface area contributed by atoms with E-state index in [2.05, 4.69) is 14.8 Å². The van der Waals surface area contributed by atoms with Gasteiger partial charge in [-0.25, -0.2) is 8.42 Å². The zero-order valence-electron chi connectivity index (χ0n) is 13.9. The third-order valence-corrected chi connectivity index (χ3v) is 5.57. The molecule has 0 radical (unpaired) electrons. The Morgan fingerprint density at radius 3 is 1.88 bits per heavy atom. The Morgan fingerprint density at radius 2 is 1.27 bits per heavy atom. The third-order valence-electron chi connectivity index (χ3n) is 3.50. The minimum Gasteiger partial charge on any atom is -0.374 e. The second-order valence-corrected chi connectivity index (χ2v) is 7.89. The summed E-state index contributed by atoms with van der Waals surface area (Å²) in [6, 6.07) is 25.4. The molecule has 0 fully saturated rings. The quantitative estimate of drug-likeness (QED) is 0.300. The van der Waals surface area contributed by atoms with Gasteiger partial charge in [0.25, 0.3) is 10.0 Å². The molecule has 0 unspecified atom stereocenters. The standard InChI is InChI=1S/C19H19N3O2S2/c23-26(24,22-18-9-5-2-6-10-18)19-13-11-16(12-14-19)20-15-25-21-17-7-3-1-4-8-17/h1-14,20-22H,15H2. The Morgan fingerprint density at radius 1 is 0.692 bits per heavy atom. The van der Waals surface area contributed by atoms with E-state index in [0.29, 0.717) is 11.6 Å². The zero-order chi connectivity index (χ0) is 18.2. The first-order valence-electron chi connectivity index (χ1n) is 7.98. The van der Waals surface area contributed by atoms with Crippen molar-refractivity contribution in [3.05, 3.63) is 84.9 Å². The zero-order valence-corrected chi connectivity index (χ0v) is 15.6. The van der Waals surface area contributed by atoms with Gasteiger partial charge in [0.2, 0.25) is 0 Å². The highest BCUT2D eigenvalue weighted by Crippen LogP contribution is 2.19. The molecule has 3 rings (SSSR count). The van der Waals surface area contributed by atoms with Crippen LogP contribution in [0.2, 0.25) is 0 Å². The van der Waals surface area contributed by atoms with E-state index < -0.39 is 10.0 Å². The number of nitrogens with one attached hydrogen (secondary N) is 3. The van der Waals surface area contributed by atoms with Crippen LogP contribution in [-0.4, -0.2) is 14.3 Å². The lowest BCUT2D eigenvalue weighted by Gasteiger charge is -2.10. The highest BCUT2D eigenvalue weighted by atomic mass is 32.2. The number of anilines is 3. The van der Waals surface area contributed by atoms with E-state index in [1.54, 1.807) is 48.5 Å². The van der Waals surface area contributed by atoms with Crippen LogP contribution in [0.3, 0.4) is 0 Å². The van der Waals surface area contributed by atoms with E-state index in [1.807, 2.05) is 36.4 Å². The van der Waals surface area contributed by atoms with Gasteiger partial charge in [-0.15, -0.1) is 0 Å². The molecule has 0 saturated heterocycles. The summed E-state index contributed by atoms with van der Waals surface area (Å²) in [4.78, 5) is 0.224. The first kappa shape index (κ1) is 18.2. The van der Waals surface area contributed by atoms with Crippen molar-refractivity contribution in [2.24, 2.45) is 0 Å². The molecule has 0 bridgehead atoms. The van der Waals surface area contributed by atoms with Crippen LogP contribution >= 0.6 is 11.9 Å². The van der Waals surface area contributed by atoms with E-state index in [-0.39, 0.29) is 4.90 Å². The second kappa shape index (κ2) is 8.64. The number of benzene rings is 3. The minimum atomic E-state index is -3.59. The Balaban J connectivity index is 1.53. The molecular weight excluding hydrogens is 366 g/mol. The van der Waals surface area contributed by atoms with Crippen LogP contribution in [0.15, 0.2) is 89.8 Å². The molecule has 0 aliphatic heterocycles. The molecule has 5 nitrogen and oxygen atoms in total. The van der Waals surface area contributed by atoms with E-state index in [1.165, 1.54) is 11.9 Å². The topological polar surface area (TPSA) is 70.2 Å². The van der Waals surface area contributed by atoms with Gasteiger partial charge < -0.3 is 10.0 Å². The molecule has 3 aromatic carbocycles. The molecule has 26 heavy (non-hydrogen) atoms. The number of hydrogen-bond donors (Lipinski definition) is 3. The summed E-state index contributed by atoms with van der Waals surface area (Å²) in [5.74, 6) is 0.642. The van der Waals surface area contributed by atoms with E-state index in [0.717, 1.165) is 11.4 Å². The van der Waals surface area contributed by atoms with Gasteiger partial charge in [-0.2, -0.15) is 0 Å². The lowest BCUT2D eigenvalue weighted by atomic mass is 10.3. The summed E-state index contributed by atoms with van der Waals surface area (Å²) in [7, 11) is -3.59. The van der Waals surface area contributed by atoms with Crippen molar-refractivity contribution < 1.29 is 8.42 Å². The van der Waals surface area contributed by atoms with Crippen molar-refractivity contribution in [2.45, 2.75) is 4.90 Å². The number of hydrogen-bond acceptors (Lipinski definition) is 5. The van der Waals surface area contributed by atoms with Gasteiger partial charge in [0.1, 0.15) is 0 Å². The summed E-state index contributed by atoms with van der Waals surface area (Å²) in [6.07, 6.45) is 0. The molecule has 134 valence electrons. The van der Waals surface area contributed by atoms with Crippen LogP contribution in [-0.2, 0) is 10.0 Å². The van der Waals surface area contributed by atoms with Crippen LogP contribution in [0.1, 0.15) is 0 Å². The lowest BCUT2D eigenvalue weighted by Crippen LogP contribution is -2.12. The van der Waals surface area contributed by atoms with Crippen LogP contribution < -0.4 is 14.8 Å². The van der Waals surface area contributed by atoms with Gasteiger partial charge in [-0.1, -0.05) is 36.4 Å². The molecule has 0 amide bonds. The van der Waals surface area contributed by atoms with Gasteiger partial charge in [0.15, 0.2) is 0 Å². The van der Waals surface area contributed by atoms with Crippen molar-refractivity contribution in [3.63, 3.8) is 0 Å². The maximum absolute atomic E-state index is 12.4. The minimum absolute atomic E-state index is 0.224. The van der Waals surface area contributed by atoms with Crippen LogP contribution in [0.4, 0.5) is 17.1 Å². The molecular formula is C19H19N3O2S2. The Kier molecular flexibility index (Phi) is 6.04. The van der Waals surface area contributed by atoms with Gasteiger partial charge in [-0.05, 0) is 60.5 Å². The molecule has 7 heteroatoms. The van der Waals surface area contributed by atoms with Crippen molar-refractivity contribution in [2.75, 3.05) is 20.6 Å². The van der Waals surface area contributed by atoms with E-state index in [4.69, 9.17) is 0 Å². The fourth-order valence-electron chi connectivity index (χ4n) is 2.22. The van der Waals surface area contributed by atoms with Gasteiger partial charge >= 0.3 is 0 Å². The SMILES string of the molecule is O=S(=O)(Nc1ccccc1)c1ccc(NCSNc2ccccc2)cc1. The van der Waals surface area contributed by atoms with Crippen LogP contribution in [0, 0.1) is 0 Å². The molecule has 0 aromatic heterocycles. The monoisotopic (exact) mass is 385 g/mol. The Bertz CT molecular complexity index is 916. The third kappa shape index (κ3) is 5.18. The van der Waals surface area contributed by atoms with Crippen molar-refractivity contribution in [1.29, 1.82) is 0 Å². The largest absolute Gasteiger partial charge is 0.374 e. The van der Waals surface area contributed by atoms with Gasteiger partial charge in [0, 0.05) is 17.1 Å². The highest BCUT2D eigenvalue weighted by molar-refractivity contribution is 8.00. The molecule has 0 saturated carbocycles. The first-order chi connectivity index (χ1) is 12.6. The van der Waals surface area contributed by atoms with Crippen molar-refractivity contribution in [3.8, 4) is 0 Å². The molecule has 0 atom stereocenters. The summed E-state index contributed by atoms with van der Waals surface area (Å²) in [5.41, 5.74) is 2.43. The molecule has 3 aromatic rings. The second-order valence-electron chi connectivity index (χ2n) is 5.43. The fraction of sp³-hybridized carbons (Fsp3) is 0.0526. The molecule has 0 aliphatic carbocycles. The predicted molar refractivity (Wildman–Crippen MR) is 110 cm³/mol. The average molecular weight is 386 g/mol. The summed E-state index contributed by atoms with van der Waals surface area (Å²) in [5, 5.41) is 3.23. The van der Waals surface area contributed by atoms with E-state index >= 15 is 0 Å². The highest BCUT2D eigenvalue weighted by Gasteiger charge is 2.13. The molecule has 0 spiro atoms. The molecule has 3 N–H and O–H groups in total. The normalized spacial score (nSPS) is 10.9. The maximum atomic E-state index is 12.4. The molecule has 0 aliphatic rings. The first-order valence-corrected chi connectivity index (χ1v) is 10.4. The van der Waals surface area contributed by atoms with Crippen LogP contribution in [0.25, 0.3) is 0 Å². The number of rotatable bonds is 8. The van der Waals surface area contributed by atoms with Crippen LogP contribution in [0.5, 0.6) is 0 Å². The maximum Gasteiger partial charge on any atom is 0.261 e. The smallest absolute Gasteiger partial charge is 0.261 e. The number of para-hydroxylation sites is 2. The Hall–Kier alpha value is -2.64.